The Morgan fingerprint density at radius 1 is 1.56 bits per heavy atom. The lowest BCUT2D eigenvalue weighted by Crippen LogP contribution is -2.18. The van der Waals surface area contributed by atoms with Crippen LogP contribution in [-0.2, 0) is 4.74 Å². The van der Waals surface area contributed by atoms with E-state index in [0.29, 0.717) is 18.1 Å². The van der Waals surface area contributed by atoms with Gasteiger partial charge in [-0.25, -0.2) is 0 Å². The molecule has 1 saturated carbocycles. The van der Waals surface area contributed by atoms with E-state index in [2.05, 4.69) is 0 Å². The van der Waals surface area contributed by atoms with E-state index >= 15 is 0 Å². The van der Waals surface area contributed by atoms with Gasteiger partial charge in [-0.15, -0.1) is 0 Å². The highest BCUT2D eigenvalue weighted by atomic mass is 16.5. The molecule has 1 aliphatic heterocycles. The zero-order valence-corrected chi connectivity index (χ0v) is 5.60. The van der Waals surface area contributed by atoms with Gasteiger partial charge in [-0.1, -0.05) is 0 Å². The summed E-state index contributed by atoms with van der Waals surface area (Å²) in [6, 6.07) is 0. The molecule has 1 aliphatic carbocycles. The van der Waals surface area contributed by atoms with Crippen LogP contribution in [0.4, 0.5) is 0 Å². The maximum atomic E-state index is 5.46. The van der Waals surface area contributed by atoms with E-state index in [1.165, 1.54) is 19.3 Å². The molecule has 52 valence electrons. The normalized spacial score (nSPS) is 37.7. The largest absolute Gasteiger partial charge is 0.376 e. The smallest absolute Gasteiger partial charge is 0.0703 e. The first-order valence-corrected chi connectivity index (χ1v) is 3.66. The molecular formula is C7H13NO. The van der Waals surface area contributed by atoms with Gasteiger partial charge in [0.05, 0.1) is 12.7 Å². The van der Waals surface area contributed by atoms with Crippen LogP contribution >= 0.6 is 0 Å². The number of hydrogen-bond acceptors (Lipinski definition) is 2. The molecule has 1 saturated heterocycles. The summed E-state index contributed by atoms with van der Waals surface area (Å²) in [5, 5.41) is 0. The molecule has 0 aromatic carbocycles. The van der Waals surface area contributed by atoms with Gasteiger partial charge >= 0.3 is 0 Å². The summed E-state index contributed by atoms with van der Waals surface area (Å²) in [4.78, 5) is 0. The van der Waals surface area contributed by atoms with E-state index in [4.69, 9.17) is 10.5 Å². The Bertz CT molecular complexity index is 120. The van der Waals surface area contributed by atoms with Crippen molar-refractivity contribution in [3.63, 3.8) is 0 Å². The molecule has 9 heavy (non-hydrogen) atoms. The standard InChI is InChI=1S/C7H13NO/c8-4-6-3-7(1-2-7)5-9-6/h6H,1-5,8H2/t6-/m0/s1. The second-order valence-corrected chi connectivity index (χ2v) is 3.37. The Morgan fingerprint density at radius 3 is 2.67 bits per heavy atom. The molecule has 2 aliphatic rings. The fraction of sp³-hybridized carbons (Fsp3) is 1.00. The Labute approximate surface area is 55.4 Å². The summed E-state index contributed by atoms with van der Waals surface area (Å²) in [7, 11) is 0. The van der Waals surface area contributed by atoms with Gasteiger partial charge in [0.15, 0.2) is 0 Å². The minimum absolute atomic E-state index is 0.382. The topological polar surface area (TPSA) is 35.2 Å². The van der Waals surface area contributed by atoms with Crippen LogP contribution in [-0.4, -0.2) is 19.3 Å². The van der Waals surface area contributed by atoms with E-state index in [-0.39, 0.29) is 0 Å². The van der Waals surface area contributed by atoms with E-state index in [0.717, 1.165) is 6.61 Å². The van der Waals surface area contributed by atoms with E-state index in [1.807, 2.05) is 0 Å². The van der Waals surface area contributed by atoms with Gasteiger partial charge in [-0.05, 0) is 24.7 Å². The molecule has 1 heterocycles. The Hall–Kier alpha value is -0.0800. The molecule has 0 aromatic rings. The molecule has 0 aromatic heterocycles. The van der Waals surface area contributed by atoms with Gasteiger partial charge in [-0.3, -0.25) is 0 Å². The number of nitrogens with two attached hydrogens (primary N) is 1. The Balaban J connectivity index is 1.93. The van der Waals surface area contributed by atoms with Crippen LogP contribution in [0, 0.1) is 5.41 Å². The van der Waals surface area contributed by atoms with Gasteiger partial charge in [0, 0.05) is 6.54 Å². The number of hydrogen-bond donors (Lipinski definition) is 1. The lowest BCUT2D eigenvalue weighted by molar-refractivity contribution is 0.111. The average molecular weight is 127 g/mol. The van der Waals surface area contributed by atoms with Crippen LogP contribution in [0.5, 0.6) is 0 Å². The average Bonchev–Trinajstić information content (AvgIpc) is 2.44. The monoisotopic (exact) mass is 127 g/mol. The molecule has 2 rings (SSSR count). The third-order valence-corrected chi connectivity index (χ3v) is 2.51. The van der Waals surface area contributed by atoms with Gasteiger partial charge in [0.1, 0.15) is 0 Å². The van der Waals surface area contributed by atoms with Crippen LogP contribution < -0.4 is 5.73 Å². The minimum Gasteiger partial charge on any atom is -0.376 e. The molecule has 2 nitrogen and oxygen atoms in total. The quantitative estimate of drug-likeness (QED) is 0.557. The molecule has 2 heteroatoms. The molecule has 0 unspecified atom stereocenters. The highest BCUT2D eigenvalue weighted by Gasteiger charge is 2.48. The van der Waals surface area contributed by atoms with Gasteiger partial charge < -0.3 is 10.5 Å². The first-order valence-electron chi connectivity index (χ1n) is 3.66. The molecule has 0 bridgehead atoms. The number of ether oxygens (including phenoxy) is 1. The van der Waals surface area contributed by atoms with Crippen molar-refractivity contribution in [3.8, 4) is 0 Å². The van der Waals surface area contributed by atoms with Gasteiger partial charge in [-0.2, -0.15) is 0 Å². The van der Waals surface area contributed by atoms with Crippen molar-refractivity contribution >= 4 is 0 Å². The molecule has 2 N–H and O–H groups in total. The van der Waals surface area contributed by atoms with Crippen molar-refractivity contribution < 1.29 is 4.74 Å². The molecule has 1 atom stereocenters. The van der Waals surface area contributed by atoms with Crippen molar-refractivity contribution in [1.29, 1.82) is 0 Å². The highest BCUT2D eigenvalue weighted by Crippen LogP contribution is 2.53. The maximum absolute atomic E-state index is 5.46. The highest BCUT2D eigenvalue weighted by molar-refractivity contribution is 4.98. The first-order chi connectivity index (χ1) is 4.35. The maximum Gasteiger partial charge on any atom is 0.0703 e. The first kappa shape index (κ1) is 5.69. The molecule has 2 fully saturated rings. The van der Waals surface area contributed by atoms with Crippen molar-refractivity contribution in [1.82, 2.24) is 0 Å². The summed E-state index contributed by atoms with van der Waals surface area (Å²) in [5.74, 6) is 0. The second kappa shape index (κ2) is 1.70. The second-order valence-electron chi connectivity index (χ2n) is 3.37. The zero-order chi connectivity index (χ0) is 6.32. The van der Waals surface area contributed by atoms with Crippen LogP contribution in [0.1, 0.15) is 19.3 Å². The lowest BCUT2D eigenvalue weighted by Gasteiger charge is -2.02. The third kappa shape index (κ3) is 0.864. The molecule has 1 spiro atoms. The fourth-order valence-corrected chi connectivity index (χ4v) is 1.57. The van der Waals surface area contributed by atoms with Crippen molar-refractivity contribution in [3.05, 3.63) is 0 Å². The van der Waals surface area contributed by atoms with E-state index < -0.39 is 0 Å². The van der Waals surface area contributed by atoms with Crippen LogP contribution in [0.25, 0.3) is 0 Å². The van der Waals surface area contributed by atoms with Crippen LogP contribution in [0.2, 0.25) is 0 Å². The summed E-state index contributed by atoms with van der Waals surface area (Å²) >= 11 is 0. The molecule has 0 amide bonds. The molecular weight excluding hydrogens is 114 g/mol. The predicted octanol–water partition coefficient (Wildman–Crippen LogP) is 0.514. The van der Waals surface area contributed by atoms with E-state index in [1.54, 1.807) is 0 Å². The summed E-state index contributed by atoms with van der Waals surface area (Å²) < 4.78 is 5.45. The third-order valence-electron chi connectivity index (χ3n) is 2.51. The van der Waals surface area contributed by atoms with Crippen LogP contribution in [0.15, 0.2) is 0 Å². The summed E-state index contributed by atoms with van der Waals surface area (Å²) in [5.41, 5.74) is 6.07. The fourth-order valence-electron chi connectivity index (χ4n) is 1.57. The predicted molar refractivity (Wildman–Crippen MR) is 35.1 cm³/mol. The Kier molecular flexibility index (Phi) is 1.08. The van der Waals surface area contributed by atoms with Gasteiger partial charge in [0.2, 0.25) is 0 Å². The van der Waals surface area contributed by atoms with Crippen LogP contribution in [0.3, 0.4) is 0 Å². The zero-order valence-electron chi connectivity index (χ0n) is 5.60. The minimum atomic E-state index is 0.382. The summed E-state index contributed by atoms with van der Waals surface area (Å²) in [6.45, 7) is 1.69. The van der Waals surface area contributed by atoms with Crippen molar-refractivity contribution in [2.24, 2.45) is 11.1 Å². The molecule has 0 radical (unpaired) electrons. The van der Waals surface area contributed by atoms with Gasteiger partial charge in [0.25, 0.3) is 0 Å². The van der Waals surface area contributed by atoms with Crippen molar-refractivity contribution in [2.75, 3.05) is 13.2 Å². The van der Waals surface area contributed by atoms with Crippen molar-refractivity contribution in [2.45, 2.75) is 25.4 Å². The number of rotatable bonds is 1. The lowest BCUT2D eigenvalue weighted by atomic mass is 10.0. The Morgan fingerprint density at radius 2 is 2.33 bits per heavy atom. The SMILES string of the molecule is NC[C@@H]1CC2(CC2)CO1. The summed E-state index contributed by atoms with van der Waals surface area (Å²) in [6.07, 6.45) is 4.36. The van der Waals surface area contributed by atoms with E-state index in [9.17, 15) is 0 Å².